The molecule has 18 heavy (non-hydrogen) atoms. The Morgan fingerprint density at radius 1 is 1.44 bits per heavy atom. The van der Waals surface area contributed by atoms with Crippen LogP contribution in [-0.2, 0) is 14.4 Å². The number of likely N-dealkylation sites (tertiary alicyclic amines) is 1. The van der Waals surface area contributed by atoms with Crippen molar-refractivity contribution in [1.29, 1.82) is 0 Å². The molecule has 102 valence electrons. The predicted molar refractivity (Wildman–Crippen MR) is 65.8 cm³/mol. The molecule has 0 aromatic heterocycles. The zero-order chi connectivity index (χ0) is 13.7. The second-order valence-corrected chi connectivity index (χ2v) is 4.74. The van der Waals surface area contributed by atoms with Gasteiger partial charge in [-0.3, -0.25) is 14.5 Å². The first-order valence-corrected chi connectivity index (χ1v) is 6.61. The fourth-order valence-corrected chi connectivity index (χ4v) is 2.34. The summed E-state index contributed by atoms with van der Waals surface area (Å²) in [6.45, 7) is 3.94. The van der Waals surface area contributed by atoms with E-state index in [0.717, 1.165) is 24.2 Å². The molecule has 1 aliphatic heterocycles. The summed E-state index contributed by atoms with van der Waals surface area (Å²) in [6, 6.07) is -0.958. The summed E-state index contributed by atoms with van der Waals surface area (Å²) in [4.78, 5) is 35.9. The second-order valence-electron chi connectivity index (χ2n) is 4.74. The van der Waals surface area contributed by atoms with Crippen molar-refractivity contribution in [3.8, 4) is 0 Å². The number of carboxylic acids is 1. The Morgan fingerprint density at radius 3 is 2.61 bits per heavy atom. The lowest BCUT2D eigenvalue weighted by molar-refractivity contribution is -0.156. The molecule has 2 amide bonds. The van der Waals surface area contributed by atoms with Gasteiger partial charge in [-0.2, -0.15) is 0 Å². The summed E-state index contributed by atoms with van der Waals surface area (Å²) in [6.07, 6.45) is 3.68. The van der Waals surface area contributed by atoms with Crippen LogP contribution < -0.4 is 0 Å². The minimum atomic E-state index is -1.08. The van der Waals surface area contributed by atoms with E-state index in [4.69, 9.17) is 5.11 Å². The molecule has 0 saturated carbocycles. The minimum absolute atomic E-state index is 0.160. The van der Waals surface area contributed by atoms with Crippen molar-refractivity contribution in [2.75, 3.05) is 0 Å². The van der Waals surface area contributed by atoms with Gasteiger partial charge >= 0.3 is 5.97 Å². The van der Waals surface area contributed by atoms with Gasteiger partial charge in [0.05, 0.1) is 0 Å². The molecule has 0 spiro atoms. The van der Waals surface area contributed by atoms with E-state index >= 15 is 0 Å². The molecule has 0 aromatic carbocycles. The van der Waals surface area contributed by atoms with Crippen molar-refractivity contribution in [2.45, 2.75) is 58.4 Å². The molecule has 0 aliphatic carbocycles. The number of carbonyl (C=O) groups excluding carboxylic acids is 2. The molecule has 1 saturated heterocycles. The van der Waals surface area contributed by atoms with Crippen molar-refractivity contribution in [1.82, 2.24) is 4.90 Å². The number of imide groups is 1. The number of aliphatic carboxylic acids is 1. The maximum atomic E-state index is 12.2. The Hall–Kier alpha value is -1.39. The number of rotatable bonds is 6. The summed E-state index contributed by atoms with van der Waals surface area (Å²) < 4.78 is 0. The first-order chi connectivity index (χ1) is 8.52. The maximum Gasteiger partial charge on any atom is 0.326 e. The van der Waals surface area contributed by atoms with E-state index in [1.165, 1.54) is 0 Å². The van der Waals surface area contributed by atoms with E-state index in [2.05, 4.69) is 0 Å². The largest absolute Gasteiger partial charge is 0.480 e. The first-order valence-electron chi connectivity index (χ1n) is 6.61. The first kappa shape index (κ1) is 14.7. The molecule has 1 N–H and O–H groups in total. The van der Waals surface area contributed by atoms with Crippen LogP contribution in [0.3, 0.4) is 0 Å². The zero-order valence-electron chi connectivity index (χ0n) is 11.0. The van der Waals surface area contributed by atoms with Crippen LogP contribution in [0.5, 0.6) is 0 Å². The van der Waals surface area contributed by atoms with Gasteiger partial charge in [-0.15, -0.1) is 0 Å². The van der Waals surface area contributed by atoms with Gasteiger partial charge in [-0.25, -0.2) is 4.79 Å². The van der Waals surface area contributed by atoms with E-state index in [0.29, 0.717) is 6.42 Å². The van der Waals surface area contributed by atoms with Crippen LogP contribution in [-0.4, -0.2) is 33.8 Å². The van der Waals surface area contributed by atoms with Crippen LogP contribution in [0, 0.1) is 5.92 Å². The van der Waals surface area contributed by atoms with Gasteiger partial charge in [0.15, 0.2) is 0 Å². The molecule has 0 radical (unpaired) electrons. The summed E-state index contributed by atoms with van der Waals surface area (Å²) in [5.41, 5.74) is 0. The molecule has 1 heterocycles. The summed E-state index contributed by atoms with van der Waals surface area (Å²) in [5, 5.41) is 9.03. The molecule has 0 bridgehead atoms. The van der Waals surface area contributed by atoms with Crippen molar-refractivity contribution in [3.05, 3.63) is 0 Å². The third-order valence-corrected chi connectivity index (χ3v) is 3.48. The smallest absolute Gasteiger partial charge is 0.326 e. The lowest BCUT2D eigenvalue weighted by Crippen LogP contribution is -2.45. The predicted octanol–water partition coefficient (Wildman–Crippen LogP) is 1.81. The average molecular weight is 255 g/mol. The van der Waals surface area contributed by atoms with Crippen LogP contribution in [0.4, 0.5) is 0 Å². The fourth-order valence-electron chi connectivity index (χ4n) is 2.34. The van der Waals surface area contributed by atoms with E-state index < -0.39 is 12.0 Å². The SMILES string of the molecule is CCCCC(CC)C(=O)N1C(=O)CCC1C(=O)O. The van der Waals surface area contributed by atoms with Crippen molar-refractivity contribution >= 4 is 17.8 Å². The molecular formula is C13H21NO4. The van der Waals surface area contributed by atoms with Crippen LogP contribution in [0.15, 0.2) is 0 Å². The number of hydrogen-bond donors (Lipinski definition) is 1. The third-order valence-electron chi connectivity index (χ3n) is 3.48. The Bertz CT molecular complexity index is 340. The highest BCUT2D eigenvalue weighted by Gasteiger charge is 2.41. The van der Waals surface area contributed by atoms with Crippen LogP contribution in [0.25, 0.3) is 0 Å². The normalized spacial score (nSPS) is 21.1. The van der Waals surface area contributed by atoms with Crippen LogP contribution >= 0.6 is 0 Å². The fraction of sp³-hybridized carbons (Fsp3) is 0.769. The molecular weight excluding hydrogens is 234 g/mol. The molecule has 2 unspecified atom stereocenters. The Balaban J connectivity index is 2.78. The number of nitrogens with zero attached hydrogens (tertiary/aromatic N) is 1. The quantitative estimate of drug-likeness (QED) is 0.785. The van der Waals surface area contributed by atoms with Crippen molar-refractivity contribution in [3.63, 3.8) is 0 Å². The molecule has 1 aliphatic rings. The van der Waals surface area contributed by atoms with E-state index in [1.807, 2.05) is 13.8 Å². The molecule has 1 fully saturated rings. The zero-order valence-corrected chi connectivity index (χ0v) is 11.0. The Labute approximate surface area is 107 Å². The lowest BCUT2D eigenvalue weighted by Gasteiger charge is -2.24. The third kappa shape index (κ3) is 3.09. The Morgan fingerprint density at radius 2 is 2.11 bits per heavy atom. The highest BCUT2D eigenvalue weighted by atomic mass is 16.4. The number of carboxylic acid groups (broad SMARTS) is 1. The molecule has 1 rings (SSSR count). The van der Waals surface area contributed by atoms with Gasteiger partial charge in [-0.1, -0.05) is 26.7 Å². The minimum Gasteiger partial charge on any atom is -0.480 e. The van der Waals surface area contributed by atoms with Gasteiger partial charge in [0.25, 0.3) is 0 Å². The van der Waals surface area contributed by atoms with E-state index in [-0.39, 0.29) is 30.6 Å². The van der Waals surface area contributed by atoms with Gasteiger partial charge in [-0.05, 0) is 19.3 Å². The van der Waals surface area contributed by atoms with Crippen molar-refractivity contribution in [2.24, 2.45) is 5.92 Å². The number of hydrogen-bond acceptors (Lipinski definition) is 3. The lowest BCUT2D eigenvalue weighted by atomic mass is 9.97. The monoisotopic (exact) mass is 255 g/mol. The number of carbonyl (C=O) groups is 3. The standard InChI is InChI=1S/C13H21NO4/c1-3-5-6-9(4-2)12(16)14-10(13(17)18)7-8-11(14)15/h9-10H,3-8H2,1-2H3,(H,17,18). The van der Waals surface area contributed by atoms with E-state index in [9.17, 15) is 14.4 Å². The second kappa shape index (κ2) is 6.52. The molecule has 5 nitrogen and oxygen atoms in total. The average Bonchev–Trinajstić information content (AvgIpc) is 2.72. The number of amides is 2. The molecule has 5 heteroatoms. The van der Waals surface area contributed by atoms with Gasteiger partial charge < -0.3 is 5.11 Å². The van der Waals surface area contributed by atoms with Gasteiger partial charge in [0, 0.05) is 12.3 Å². The highest BCUT2D eigenvalue weighted by molar-refractivity contribution is 6.02. The van der Waals surface area contributed by atoms with Crippen molar-refractivity contribution < 1.29 is 19.5 Å². The van der Waals surface area contributed by atoms with Crippen LogP contribution in [0.1, 0.15) is 52.4 Å². The number of unbranched alkanes of at least 4 members (excludes halogenated alkanes) is 1. The van der Waals surface area contributed by atoms with Gasteiger partial charge in [0.1, 0.15) is 6.04 Å². The topological polar surface area (TPSA) is 74.7 Å². The van der Waals surface area contributed by atoms with Crippen LogP contribution in [0.2, 0.25) is 0 Å². The summed E-state index contributed by atoms with van der Waals surface area (Å²) >= 11 is 0. The maximum absolute atomic E-state index is 12.2. The highest BCUT2D eigenvalue weighted by Crippen LogP contribution is 2.24. The molecule has 0 aromatic rings. The summed E-state index contributed by atoms with van der Waals surface area (Å²) in [7, 11) is 0. The Kier molecular flexibility index (Phi) is 5.31. The summed E-state index contributed by atoms with van der Waals surface area (Å²) in [5.74, 6) is -1.96. The van der Waals surface area contributed by atoms with Gasteiger partial charge in [0.2, 0.25) is 11.8 Å². The molecule has 2 atom stereocenters. The van der Waals surface area contributed by atoms with E-state index in [1.54, 1.807) is 0 Å².